The molecule has 4 rings (SSSR count). The molecule has 0 saturated heterocycles. The molecule has 8 heteroatoms. The number of aliphatic hydroxyl groups excluding tert-OH is 1. The minimum atomic E-state index is -0.385. The van der Waals surface area contributed by atoms with Crippen LogP contribution in [0.5, 0.6) is 11.5 Å². The predicted molar refractivity (Wildman–Crippen MR) is 104 cm³/mol. The van der Waals surface area contributed by atoms with Gasteiger partial charge in [0.2, 0.25) is 0 Å². The number of rotatable bonds is 5. The fourth-order valence-corrected chi connectivity index (χ4v) is 3.33. The van der Waals surface area contributed by atoms with Crippen molar-refractivity contribution in [1.29, 1.82) is 0 Å². The molecule has 3 N–H and O–H groups in total. The van der Waals surface area contributed by atoms with Gasteiger partial charge in [-0.25, -0.2) is 0 Å². The first-order valence-electron chi connectivity index (χ1n) is 9.33. The lowest BCUT2D eigenvalue weighted by molar-refractivity contribution is 0.0957. The minimum absolute atomic E-state index is 0.0440. The molecule has 0 bridgehead atoms. The lowest BCUT2D eigenvalue weighted by Gasteiger charge is -2.27. The molecule has 2 aromatic heterocycles. The van der Waals surface area contributed by atoms with E-state index in [1.54, 1.807) is 37.4 Å². The number of carbonyl (C=O) groups is 1. The Kier molecular flexibility index (Phi) is 5.12. The van der Waals surface area contributed by atoms with Gasteiger partial charge < -0.3 is 24.9 Å². The van der Waals surface area contributed by atoms with Gasteiger partial charge in [0, 0.05) is 25.4 Å². The van der Waals surface area contributed by atoms with Crippen molar-refractivity contribution in [3.8, 4) is 11.5 Å². The number of hydrogen-bond acceptors (Lipinski definition) is 7. The van der Waals surface area contributed by atoms with Crippen molar-refractivity contribution in [2.45, 2.75) is 37.8 Å². The Morgan fingerprint density at radius 3 is 2.86 bits per heavy atom. The zero-order chi connectivity index (χ0) is 19.5. The van der Waals surface area contributed by atoms with Gasteiger partial charge >= 0.3 is 0 Å². The summed E-state index contributed by atoms with van der Waals surface area (Å²) in [6, 6.07) is 8.92. The molecule has 2 heterocycles. The van der Waals surface area contributed by atoms with Crippen LogP contribution in [0.1, 0.15) is 36.2 Å². The molecule has 3 aromatic rings. The Morgan fingerprint density at radius 2 is 2.04 bits per heavy atom. The molecule has 0 spiro atoms. The van der Waals surface area contributed by atoms with Crippen LogP contribution in [-0.2, 0) is 0 Å². The molecule has 1 aliphatic carbocycles. The molecular weight excluding hydrogens is 360 g/mol. The molecule has 1 amide bonds. The number of oxazole rings is 1. The highest BCUT2D eigenvalue weighted by Gasteiger charge is 2.24. The second-order valence-electron chi connectivity index (χ2n) is 6.81. The maximum Gasteiger partial charge on any atom is 0.295 e. The van der Waals surface area contributed by atoms with Crippen LogP contribution >= 0.6 is 0 Å². The van der Waals surface area contributed by atoms with Crippen molar-refractivity contribution in [3.63, 3.8) is 0 Å². The van der Waals surface area contributed by atoms with Crippen LogP contribution < -0.4 is 15.4 Å². The number of aromatic nitrogens is 2. The molecule has 8 nitrogen and oxygen atoms in total. The molecule has 146 valence electrons. The van der Waals surface area contributed by atoms with Crippen molar-refractivity contribution in [1.82, 2.24) is 15.3 Å². The van der Waals surface area contributed by atoms with Crippen LogP contribution in [-0.4, -0.2) is 40.2 Å². The van der Waals surface area contributed by atoms with E-state index in [0.29, 0.717) is 28.6 Å². The van der Waals surface area contributed by atoms with E-state index in [-0.39, 0.29) is 23.7 Å². The number of nitrogens with one attached hydrogen (secondary N) is 2. The number of hydrogen-bond donors (Lipinski definition) is 3. The standard InChI is InChI=1S/C20H22N4O4/c1-21-19(26)16-10-13(8-9-22-16)27-12-6-7-15-18(11-12)28-20(24-15)23-14-4-2-3-5-17(14)25/h6-11,14,17,25H,2-5H2,1H3,(H,21,26)(H,23,24)/t14-,17-/m1/s1. The molecule has 28 heavy (non-hydrogen) atoms. The van der Waals surface area contributed by atoms with E-state index in [0.717, 1.165) is 25.7 Å². The first-order valence-corrected chi connectivity index (χ1v) is 9.33. The Hall–Kier alpha value is -3.13. The summed E-state index contributed by atoms with van der Waals surface area (Å²) < 4.78 is 11.6. The van der Waals surface area contributed by atoms with Crippen LogP contribution in [0.4, 0.5) is 6.01 Å². The van der Waals surface area contributed by atoms with Crippen molar-refractivity contribution in [2.75, 3.05) is 12.4 Å². The number of amides is 1. The number of anilines is 1. The summed E-state index contributed by atoms with van der Waals surface area (Å²) in [6.07, 6.45) is 4.94. The van der Waals surface area contributed by atoms with Gasteiger partial charge in [-0.3, -0.25) is 9.78 Å². The summed E-state index contributed by atoms with van der Waals surface area (Å²) >= 11 is 0. The number of benzene rings is 1. The van der Waals surface area contributed by atoms with Crippen LogP contribution in [0.25, 0.3) is 11.1 Å². The third-order valence-electron chi connectivity index (χ3n) is 4.83. The van der Waals surface area contributed by atoms with Crippen LogP contribution in [0.15, 0.2) is 40.9 Å². The highest BCUT2D eigenvalue weighted by molar-refractivity contribution is 5.92. The molecule has 2 atom stereocenters. The summed E-state index contributed by atoms with van der Waals surface area (Å²) in [6.45, 7) is 0. The third-order valence-corrected chi connectivity index (χ3v) is 4.83. The van der Waals surface area contributed by atoms with Gasteiger partial charge in [-0.05, 0) is 31.0 Å². The SMILES string of the molecule is CNC(=O)c1cc(Oc2ccc3nc(N[C@@H]4CCCC[C@H]4O)oc3c2)ccn1. The fourth-order valence-electron chi connectivity index (χ4n) is 3.33. The average Bonchev–Trinajstić information content (AvgIpc) is 3.11. The fraction of sp³-hybridized carbons (Fsp3) is 0.350. The van der Waals surface area contributed by atoms with Gasteiger partial charge in [-0.1, -0.05) is 12.8 Å². The minimum Gasteiger partial charge on any atom is -0.457 e. The number of pyridine rings is 1. The lowest BCUT2D eigenvalue weighted by Crippen LogP contribution is -2.36. The van der Waals surface area contributed by atoms with Crippen molar-refractivity contribution in [3.05, 3.63) is 42.2 Å². The Balaban J connectivity index is 1.51. The Labute approximate surface area is 161 Å². The Bertz CT molecular complexity index is 987. The van der Waals surface area contributed by atoms with E-state index in [9.17, 15) is 9.90 Å². The summed E-state index contributed by atoms with van der Waals surface area (Å²) in [5.41, 5.74) is 1.55. The zero-order valence-corrected chi connectivity index (χ0v) is 15.5. The quantitative estimate of drug-likeness (QED) is 0.622. The maximum atomic E-state index is 11.7. The van der Waals surface area contributed by atoms with E-state index >= 15 is 0 Å². The van der Waals surface area contributed by atoms with Gasteiger partial charge in [0.15, 0.2) is 5.58 Å². The summed E-state index contributed by atoms with van der Waals surface area (Å²) in [5.74, 6) is 0.773. The van der Waals surface area contributed by atoms with Crippen LogP contribution in [0.2, 0.25) is 0 Å². The van der Waals surface area contributed by atoms with Crippen molar-refractivity contribution >= 4 is 23.0 Å². The van der Waals surface area contributed by atoms with Gasteiger partial charge in [-0.2, -0.15) is 4.98 Å². The largest absolute Gasteiger partial charge is 0.457 e. The van der Waals surface area contributed by atoms with Crippen LogP contribution in [0, 0.1) is 0 Å². The normalized spacial score (nSPS) is 19.4. The maximum absolute atomic E-state index is 11.7. The van der Waals surface area contributed by atoms with Gasteiger partial charge in [0.1, 0.15) is 22.7 Å². The summed E-state index contributed by atoms with van der Waals surface area (Å²) in [4.78, 5) is 20.2. The van der Waals surface area contributed by atoms with E-state index in [2.05, 4.69) is 20.6 Å². The van der Waals surface area contributed by atoms with Crippen molar-refractivity contribution < 1.29 is 19.1 Å². The Morgan fingerprint density at radius 1 is 1.21 bits per heavy atom. The zero-order valence-electron chi connectivity index (χ0n) is 15.5. The monoisotopic (exact) mass is 382 g/mol. The smallest absolute Gasteiger partial charge is 0.295 e. The average molecular weight is 382 g/mol. The molecule has 1 saturated carbocycles. The van der Waals surface area contributed by atoms with Gasteiger partial charge in [0.25, 0.3) is 11.9 Å². The molecule has 1 aliphatic rings. The van der Waals surface area contributed by atoms with E-state index in [1.165, 1.54) is 6.20 Å². The predicted octanol–water partition coefficient (Wildman–Crippen LogP) is 3.09. The number of carbonyl (C=O) groups excluding carboxylic acids is 1. The molecular formula is C20H22N4O4. The lowest BCUT2D eigenvalue weighted by atomic mass is 9.93. The third kappa shape index (κ3) is 3.91. The van der Waals surface area contributed by atoms with Crippen molar-refractivity contribution in [2.24, 2.45) is 0 Å². The molecule has 0 unspecified atom stereocenters. The molecule has 0 radical (unpaired) electrons. The molecule has 0 aliphatic heterocycles. The first kappa shape index (κ1) is 18.2. The number of ether oxygens (including phenoxy) is 1. The first-order chi connectivity index (χ1) is 13.6. The highest BCUT2D eigenvalue weighted by atomic mass is 16.5. The van der Waals surface area contributed by atoms with Gasteiger partial charge in [0.05, 0.1) is 12.1 Å². The molecule has 1 fully saturated rings. The van der Waals surface area contributed by atoms with E-state index in [1.807, 2.05) is 0 Å². The van der Waals surface area contributed by atoms with Gasteiger partial charge in [-0.15, -0.1) is 0 Å². The molecule has 1 aromatic carbocycles. The number of aliphatic hydroxyl groups is 1. The number of fused-ring (bicyclic) bond motifs is 1. The van der Waals surface area contributed by atoms with E-state index in [4.69, 9.17) is 9.15 Å². The summed E-state index contributed by atoms with van der Waals surface area (Å²) in [5, 5.41) is 15.8. The second kappa shape index (κ2) is 7.85. The van der Waals surface area contributed by atoms with E-state index < -0.39 is 0 Å². The topological polar surface area (TPSA) is 110 Å². The number of nitrogens with zero attached hydrogens (tertiary/aromatic N) is 2. The second-order valence-corrected chi connectivity index (χ2v) is 6.81. The summed E-state index contributed by atoms with van der Waals surface area (Å²) in [7, 11) is 1.55. The van der Waals surface area contributed by atoms with Crippen LogP contribution in [0.3, 0.4) is 0 Å². The highest BCUT2D eigenvalue weighted by Crippen LogP contribution is 2.29.